The van der Waals surface area contributed by atoms with Gasteiger partial charge in [0.05, 0.1) is 10.9 Å². The first-order valence-corrected chi connectivity index (χ1v) is 8.64. The zero-order valence-corrected chi connectivity index (χ0v) is 14.5. The van der Waals surface area contributed by atoms with Gasteiger partial charge in [0.2, 0.25) is 11.8 Å². The van der Waals surface area contributed by atoms with Gasteiger partial charge < -0.3 is 0 Å². The van der Waals surface area contributed by atoms with Crippen LogP contribution >= 0.6 is 39.3 Å². The van der Waals surface area contributed by atoms with Crippen molar-refractivity contribution in [3.8, 4) is 0 Å². The number of nitrogens with zero attached hydrogens (tertiary/aromatic N) is 1. The van der Waals surface area contributed by atoms with Gasteiger partial charge in [0.1, 0.15) is 0 Å². The van der Waals surface area contributed by atoms with E-state index in [-0.39, 0.29) is 18.2 Å². The molecule has 0 unspecified atom stereocenters. The number of amides is 2. The van der Waals surface area contributed by atoms with Crippen LogP contribution in [0.5, 0.6) is 0 Å². The van der Waals surface area contributed by atoms with Gasteiger partial charge in [-0.15, -0.1) is 11.8 Å². The molecule has 1 aliphatic rings. The van der Waals surface area contributed by atoms with E-state index in [1.54, 1.807) is 24.3 Å². The minimum atomic E-state index is -0.391. The Morgan fingerprint density at radius 3 is 2.32 bits per heavy atom. The summed E-state index contributed by atoms with van der Waals surface area (Å²) in [5.74, 6) is -0.342. The topological polar surface area (TPSA) is 37.4 Å². The highest BCUT2D eigenvalue weighted by Gasteiger charge is 2.40. The van der Waals surface area contributed by atoms with E-state index in [1.807, 2.05) is 24.3 Å². The Hall–Kier alpha value is -1.30. The van der Waals surface area contributed by atoms with Gasteiger partial charge in [0.25, 0.3) is 0 Å². The van der Waals surface area contributed by atoms with E-state index < -0.39 is 5.25 Å². The number of hydrogen-bond acceptors (Lipinski definition) is 3. The summed E-state index contributed by atoms with van der Waals surface area (Å²) in [4.78, 5) is 26.9. The van der Waals surface area contributed by atoms with E-state index in [0.717, 1.165) is 9.37 Å². The number of benzene rings is 2. The van der Waals surface area contributed by atoms with Crippen molar-refractivity contribution < 1.29 is 9.59 Å². The highest BCUT2D eigenvalue weighted by atomic mass is 79.9. The van der Waals surface area contributed by atoms with Gasteiger partial charge in [-0.2, -0.15) is 0 Å². The summed E-state index contributed by atoms with van der Waals surface area (Å²) in [5, 5.41) is 0.256. The quantitative estimate of drug-likeness (QED) is 0.716. The second-order valence-corrected chi connectivity index (χ2v) is 7.44. The minimum Gasteiger partial charge on any atom is -0.274 e. The number of halogens is 2. The molecule has 6 heteroatoms. The van der Waals surface area contributed by atoms with E-state index in [0.29, 0.717) is 10.7 Å². The molecule has 0 saturated carbocycles. The lowest BCUT2D eigenvalue weighted by Crippen LogP contribution is -2.31. The fourth-order valence-electron chi connectivity index (χ4n) is 2.23. The van der Waals surface area contributed by atoms with Crippen LogP contribution in [0.3, 0.4) is 0 Å². The molecule has 1 saturated heterocycles. The lowest BCUT2D eigenvalue weighted by atomic mass is 10.3. The van der Waals surface area contributed by atoms with Crippen molar-refractivity contribution in [2.45, 2.75) is 16.6 Å². The van der Waals surface area contributed by atoms with E-state index in [9.17, 15) is 9.59 Å². The van der Waals surface area contributed by atoms with Crippen LogP contribution < -0.4 is 4.90 Å². The minimum absolute atomic E-state index is 0.168. The molecule has 2 aromatic carbocycles. The molecule has 3 rings (SSSR count). The van der Waals surface area contributed by atoms with E-state index >= 15 is 0 Å². The van der Waals surface area contributed by atoms with Crippen LogP contribution in [0.4, 0.5) is 5.69 Å². The molecule has 0 aromatic heterocycles. The monoisotopic (exact) mass is 395 g/mol. The standard InChI is InChI=1S/C16H11BrClNO2S/c17-10-1-5-12(6-2-10)19-15(20)9-14(16(19)21)22-13-7-3-11(18)4-8-13/h1-8,14H,9H2/t14-/m0/s1. The Balaban J connectivity index is 1.79. The molecule has 0 aliphatic carbocycles. The summed E-state index contributed by atoms with van der Waals surface area (Å²) >= 11 is 10.6. The lowest BCUT2D eigenvalue weighted by Gasteiger charge is -2.15. The molecule has 2 amide bonds. The van der Waals surface area contributed by atoms with E-state index in [1.165, 1.54) is 16.7 Å². The third-order valence-electron chi connectivity index (χ3n) is 3.28. The van der Waals surface area contributed by atoms with Gasteiger partial charge in [-0.1, -0.05) is 27.5 Å². The zero-order valence-electron chi connectivity index (χ0n) is 11.3. The van der Waals surface area contributed by atoms with Crippen LogP contribution in [0.1, 0.15) is 6.42 Å². The van der Waals surface area contributed by atoms with Crippen LogP contribution in [0.25, 0.3) is 0 Å². The smallest absolute Gasteiger partial charge is 0.247 e. The van der Waals surface area contributed by atoms with Crippen LogP contribution in [0.15, 0.2) is 57.9 Å². The number of thioether (sulfide) groups is 1. The fraction of sp³-hybridized carbons (Fsp3) is 0.125. The molecular weight excluding hydrogens is 386 g/mol. The van der Waals surface area contributed by atoms with Gasteiger partial charge >= 0.3 is 0 Å². The fourth-order valence-corrected chi connectivity index (χ4v) is 3.68. The third-order valence-corrected chi connectivity index (χ3v) is 5.26. The predicted molar refractivity (Wildman–Crippen MR) is 92.3 cm³/mol. The Bertz CT molecular complexity index is 718. The maximum Gasteiger partial charge on any atom is 0.247 e. The number of carbonyl (C=O) groups excluding carboxylic acids is 2. The summed E-state index contributed by atoms with van der Waals surface area (Å²) in [7, 11) is 0. The molecule has 22 heavy (non-hydrogen) atoms. The van der Waals surface area contributed by atoms with Gasteiger partial charge in [-0.05, 0) is 48.5 Å². The first kappa shape index (κ1) is 15.6. The molecule has 1 fully saturated rings. The molecule has 112 valence electrons. The summed E-state index contributed by atoms with van der Waals surface area (Å²) < 4.78 is 0.905. The summed E-state index contributed by atoms with van der Waals surface area (Å²) in [5.41, 5.74) is 0.609. The Kier molecular flexibility index (Phi) is 4.57. The molecule has 0 spiro atoms. The number of carbonyl (C=O) groups is 2. The van der Waals surface area contributed by atoms with Crippen molar-refractivity contribution in [1.82, 2.24) is 0 Å². The Morgan fingerprint density at radius 1 is 1.05 bits per heavy atom. The van der Waals surface area contributed by atoms with Crippen molar-refractivity contribution in [2.24, 2.45) is 0 Å². The largest absolute Gasteiger partial charge is 0.274 e. The zero-order chi connectivity index (χ0) is 15.7. The summed E-state index contributed by atoms with van der Waals surface area (Å²) in [6.07, 6.45) is 0.211. The highest BCUT2D eigenvalue weighted by molar-refractivity contribution is 9.10. The van der Waals surface area contributed by atoms with E-state index in [2.05, 4.69) is 15.9 Å². The average Bonchev–Trinajstić information content (AvgIpc) is 2.77. The third kappa shape index (κ3) is 3.21. The van der Waals surface area contributed by atoms with Crippen LogP contribution in [0, 0.1) is 0 Å². The van der Waals surface area contributed by atoms with Gasteiger partial charge in [0.15, 0.2) is 0 Å². The second-order valence-electron chi connectivity index (χ2n) is 4.81. The SMILES string of the molecule is O=C1C[C@H](Sc2ccc(Cl)cc2)C(=O)N1c1ccc(Br)cc1. The average molecular weight is 397 g/mol. The first-order chi connectivity index (χ1) is 10.5. The normalized spacial score (nSPS) is 18.1. The number of hydrogen-bond donors (Lipinski definition) is 0. The predicted octanol–water partition coefficient (Wildman–Crippen LogP) is 4.53. The number of anilines is 1. The van der Waals surface area contributed by atoms with Crippen molar-refractivity contribution >= 4 is 56.8 Å². The molecule has 0 radical (unpaired) electrons. The van der Waals surface area contributed by atoms with Crippen LogP contribution in [0.2, 0.25) is 5.02 Å². The van der Waals surface area contributed by atoms with Crippen molar-refractivity contribution in [1.29, 1.82) is 0 Å². The first-order valence-electron chi connectivity index (χ1n) is 6.59. The highest BCUT2D eigenvalue weighted by Crippen LogP contribution is 2.34. The van der Waals surface area contributed by atoms with Crippen molar-refractivity contribution in [3.05, 3.63) is 58.0 Å². The molecule has 1 atom stereocenters. The van der Waals surface area contributed by atoms with Gasteiger partial charge in [-0.25, -0.2) is 4.90 Å². The number of imide groups is 1. The molecule has 1 aliphatic heterocycles. The molecule has 1 heterocycles. The maximum atomic E-state index is 12.5. The summed E-state index contributed by atoms with van der Waals surface area (Å²) in [6.45, 7) is 0. The Labute approximate surface area is 145 Å². The van der Waals surface area contributed by atoms with Crippen molar-refractivity contribution in [2.75, 3.05) is 4.90 Å². The second kappa shape index (κ2) is 6.44. The maximum absolute atomic E-state index is 12.5. The molecule has 2 aromatic rings. The van der Waals surface area contributed by atoms with Gasteiger partial charge in [0, 0.05) is 20.8 Å². The molecule has 0 N–H and O–H groups in total. The lowest BCUT2D eigenvalue weighted by molar-refractivity contribution is -0.121. The van der Waals surface area contributed by atoms with Crippen LogP contribution in [-0.4, -0.2) is 17.1 Å². The van der Waals surface area contributed by atoms with E-state index in [4.69, 9.17) is 11.6 Å². The van der Waals surface area contributed by atoms with Crippen molar-refractivity contribution in [3.63, 3.8) is 0 Å². The molecular formula is C16H11BrClNO2S. The van der Waals surface area contributed by atoms with Gasteiger partial charge in [-0.3, -0.25) is 9.59 Å². The Morgan fingerprint density at radius 2 is 1.68 bits per heavy atom. The molecule has 3 nitrogen and oxygen atoms in total. The van der Waals surface area contributed by atoms with Crippen LogP contribution in [-0.2, 0) is 9.59 Å². The molecule has 0 bridgehead atoms. The summed E-state index contributed by atoms with van der Waals surface area (Å²) in [6, 6.07) is 14.4. The number of rotatable bonds is 3.